The second-order valence-electron chi connectivity index (χ2n) is 3.03. The molecule has 1 atom stereocenters. The molecule has 0 radical (unpaired) electrons. The summed E-state index contributed by atoms with van der Waals surface area (Å²) in [6, 6.07) is -0.488. The summed E-state index contributed by atoms with van der Waals surface area (Å²) in [4.78, 5) is 26.3. The van der Waals surface area contributed by atoms with Gasteiger partial charge in [0.2, 0.25) is 0 Å². The maximum absolute atomic E-state index is 10.7. The fraction of sp³-hybridized carbons (Fsp3) is 0.444. The quantitative estimate of drug-likeness (QED) is 0.519. The summed E-state index contributed by atoms with van der Waals surface area (Å²) in [5.41, 5.74) is 0. The van der Waals surface area contributed by atoms with Gasteiger partial charge in [-0.3, -0.25) is 4.79 Å². The molecule has 0 aromatic heterocycles. The number of hydrogen-bond acceptors (Lipinski definition) is 3. The predicted octanol–water partition coefficient (Wildman–Crippen LogP) is 0.276. The Morgan fingerprint density at radius 1 is 1.71 bits per heavy atom. The van der Waals surface area contributed by atoms with Crippen LogP contribution < -0.4 is 0 Å². The Kier molecular flexibility index (Phi) is 3.39. The molecular formula is C9H12N2O3. The van der Waals surface area contributed by atoms with Crippen molar-refractivity contribution in [2.24, 2.45) is 4.99 Å². The lowest BCUT2D eigenvalue weighted by Gasteiger charge is -2.17. The Hall–Kier alpha value is -1.65. The van der Waals surface area contributed by atoms with Gasteiger partial charge in [-0.05, 0) is 12.5 Å². The number of likely N-dealkylation sites (tertiary alicyclic amines) is 1. The first-order valence-electron chi connectivity index (χ1n) is 4.29. The number of aldehydes is 1. The highest BCUT2D eigenvalue weighted by molar-refractivity contribution is 5.91. The zero-order valence-electron chi connectivity index (χ0n) is 7.88. The van der Waals surface area contributed by atoms with Gasteiger partial charge in [0.05, 0.1) is 0 Å². The minimum Gasteiger partial charge on any atom is -0.480 e. The first-order valence-corrected chi connectivity index (χ1v) is 4.29. The van der Waals surface area contributed by atoms with Gasteiger partial charge in [-0.1, -0.05) is 0 Å². The van der Waals surface area contributed by atoms with E-state index in [0.717, 1.165) is 0 Å². The van der Waals surface area contributed by atoms with Crippen molar-refractivity contribution in [2.75, 3.05) is 7.05 Å². The van der Waals surface area contributed by atoms with Crippen molar-refractivity contribution in [1.82, 2.24) is 4.90 Å². The molecule has 1 aliphatic rings. The lowest BCUT2D eigenvalue weighted by molar-refractivity contribution is -0.141. The van der Waals surface area contributed by atoms with Gasteiger partial charge < -0.3 is 10.0 Å². The Bertz CT molecular complexity index is 296. The standard InChI is InChI=1S/C9H12N2O3/c1-11-7(9(13)14)3-4-8(11)10-5-2-6-12/h2,5-7H,3-4H2,1H3,(H,13,14)/b5-2-,10-8?. The summed E-state index contributed by atoms with van der Waals surface area (Å²) in [6.45, 7) is 0. The highest BCUT2D eigenvalue weighted by Gasteiger charge is 2.31. The van der Waals surface area contributed by atoms with Gasteiger partial charge in [0, 0.05) is 19.7 Å². The second-order valence-corrected chi connectivity index (χ2v) is 3.03. The smallest absolute Gasteiger partial charge is 0.326 e. The maximum Gasteiger partial charge on any atom is 0.326 e. The third-order valence-corrected chi connectivity index (χ3v) is 2.19. The van der Waals surface area contributed by atoms with E-state index in [9.17, 15) is 9.59 Å². The molecule has 1 saturated heterocycles. The van der Waals surface area contributed by atoms with E-state index in [4.69, 9.17) is 5.11 Å². The number of aliphatic imine (C=N–C) groups is 1. The summed E-state index contributed by atoms with van der Waals surface area (Å²) in [6.07, 6.45) is 4.49. The van der Waals surface area contributed by atoms with E-state index in [2.05, 4.69) is 4.99 Å². The van der Waals surface area contributed by atoms with Gasteiger partial charge in [0.25, 0.3) is 0 Å². The molecule has 1 N–H and O–H groups in total. The van der Waals surface area contributed by atoms with Crippen molar-refractivity contribution in [3.63, 3.8) is 0 Å². The third kappa shape index (κ3) is 2.18. The minimum absolute atomic E-state index is 0.488. The van der Waals surface area contributed by atoms with Crippen LogP contribution in [-0.2, 0) is 9.59 Å². The number of carboxylic acid groups (broad SMARTS) is 1. The van der Waals surface area contributed by atoms with E-state index in [1.807, 2.05) is 0 Å². The molecular weight excluding hydrogens is 184 g/mol. The van der Waals surface area contributed by atoms with Crippen LogP contribution in [0.3, 0.4) is 0 Å². The molecule has 0 aliphatic carbocycles. The molecule has 1 heterocycles. The zero-order valence-corrected chi connectivity index (χ0v) is 7.88. The second kappa shape index (κ2) is 4.55. The number of carboxylic acids is 1. The van der Waals surface area contributed by atoms with Crippen molar-refractivity contribution in [1.29, 1.82) is 0 Å². The van der Waals surface area contributed by atoms with Gasteiger partial charge >= 0.3 is 5.97 Å². The fourth-order valence-electron chi connectivity index (χ4n) is 1.42. The van der Waals surface area contributed by atoms with Gasteiger partial charge in [-0.2, -0.15) is 0 Å². The van der Waals surface area contributed by atoms with Crippen LogP contribution in [-0.4, -0.2) is 41.2 Å². The summed E-state index contributed by atoms with van der Waals surface area (Å²) in [5.74, 6) is -0.132. The highest BCUT2D eigenvalue weighted by atomic mass is 16.4. The number of aliphatic carboxylic acids is 1. The summed E-state index contributed by atoms with van der Waals surface area (Å²) in [7, 11) is 1.69. The fourth-order valence-corrected chi connectivity index (χ4v) is 1.42. The SMILES string of the molecule is CN1C(=N/C=C\C=O)CCC1C(=O)O. The molecule has 14 heavy (non-hydrogen) atoms. The Labute approximate surface area is 81.7 Å². The van der Waals surface area contributed by atoms with Crippen LogP contribution in [0.1, 0.15) is 12.8 Å². The number of likely N-dealkylation sites (N-methyl/N-ethyl adjacent to an activating group) is 1. The van der Waals surface area contributed by atoms with Crippen LogP contribution in [0.2, 0.25) is 0 Å². The number of amidine groups is 1. The van der Waals surface area contributed by atoms with E-state index >= 15 is 0 Å². The number of carbonyl (C=O) groups excluding carboxylic acids is 1. The molecule has 1 rings (SSSR count). The number of rotatable bonds is 3. The van der Waals surface area contributed by atoms with E-state index in [1.54, 1.807) is 11.9 Å². The predicted molar refractivity (Wildman–Crippen MR) is 51.1 cm³/mol. The number of hydrogen-bond donors (Lipinski definition) is 1. The van der Waals surface area contributed by atoms with Crippen LogP contribution in [0.4, 0.5) is 0 Å². The van der Waals surface area contributed by atoms with Crippen LogP contribution >= 0.6 is 0 Å². The summed E-state index contributed by atoms with van der Waals surface area (Å²) < 4.78 is 0. The normalized spacial score (nSPS) is 24.8. The molecule has 0 bridgehead atoms. The first kappa shape index (κ1) is 10.4. The van der Waals surface area contributed by atoms with Crippen LogP contribution in [0.25, 0.3) is 0 Å². The van der Waals surface area contributed by atoms with Gasteiger partial charge in [0.15, 0.2) is 0 Å². The highest BCUT2D eigenvalue weighted by Crippen LogP contribution is 2.17. The third-order valence-electron chi connectivity index (χ3n) is 2.19. The number of nitrogens with zero attached hydrogens (tertiary/aromatic N) is 2. The molecule has 76 valence electrons. The monoisotopic (exact) mass is 196 g/mol. The maximum atomic E-state index is 10.7. The van der Waals surface area contributed by atoms with Crippen LogP contribution in [0.15, 0.2) is 17.3 Å². The van der Waals surface area contributed by atoms with Crippen molar-refractivity contribution in [3.05, 3.63) is 12.3 Å². The van der Waals surface area contributed by atoms with Crippen molar-refractivity contribution >= 4 is 18.1 Å². The number of allylic oxidation sites excluding steroid dienone is 1. The molecule has 0 amide bonds. The van der Waals surface area contributed by atoms with E-state index in [0.29, 0.717) is 25.0 Å². The Balaban J connectivity index is 2.67. The molecule has 1 fully saturated rings. The van der Waals surface area contributed by atoms with Crippen LogP contribution in [0, 0.1) is 0 Å². The molecule has 5 heteroatoms. The average Bonchev–Trinajstić information content (AvgIpc) is 2.48. The topological polar surface area (TPSA) is 70.0 Å². The molecule has 0 aromatic rings. The van der Waals surface area contributed by atoms with Crippen LogP contribution in [0.5, 0.6) is 0 Å². The average molecular weight is 196 g/mol. The summed E-state index contributed by atoms with van der Waals surface area (Å²) in [5, 5.41) is 8.80. The lowest BCUT2D eigenvalue weighted by Crippen LogP contribution is -2.35. The van der Waals surface area contributed by atoms with Gasteiger partial charge in [0.1, 0.15) is 18.2 Å². The largest absolute Gasteiger partial charge is 0.480 e. The van der Waals surface area contributed by atoms with E-state index in [1.165, 1.54) is 12.3 Å². The Morgan fingerprint density at radius 3 is 2.93 bits per heavy atom. The molecule has 1 unspecified atom stereocenters. The zero-order chi connectivity index (χ0) is 10.6. The number of carbonyl (C=O) groups is 2. The molecule has 0 aromatic carbocycles. The molecule has 0 saturated carbocycles. The minimum atomic E-state index is -0.836. The first-order chi connectivity index (χ1) is 6.66. The van der Waals surface area contributed by atoms with Crippen molar-refractivity contribution in [2.45, 2.75) is 18.9 Å². The van der Waals surface area contributed by atoms with E-state index < -0.39 is 12.0 Å². The summed E-state index contributed by atoms with van der Waals surface area (Å²) >= 11 is 0. The Morgan fingerprint density at radius 2 is 2.43 bits per heavy atom. The van der Waals surface area contributed by atoms with Gasteiger partial charge in [-0.15, -0.1) is 0 Å². The van der Waals surface area contributed by atoms with E-state index in [-0.39, 0.29) is 0 Å². The molecule has 1 aliphatic heterocycles. The van der Waals surface area contributed by atoms with Crippen molar-refractivity contribution < 1.29 is 14.7 Å². The lowest BCUT2D eigenvalue weighted by atomic mass is 10.2. The molecule has 5 nitrogen and oxygen atoms in total. The molecule has 0 spiro atoms. The van der Waals surface area contributed by atoms with Gasteiger partial charge in [-0.25, -0.2) is 9.79 Å². The van der Waals surface area contributed by atoms with Crippen molar-refractivity contribution in [3.8, 4) is 0 Å².